The number of thiazole rings is 1. The van der Waals surface area contributed by atoms with Crippen molar-refractivity contribution in [2.75, 3.05) is 0 Å². The molecule has 3 aromatic rings. The molecule has 3 aromatic heterocycles. The Hall–Kier alpha value is -2.60. The summed E-state index contributed by atoms with van der Waals surface area (Å²) >= 11 is 1.52. The summed E-state index contributed by atoms with van der Waals surface area (Å²) in [5.41, 5.74) is 0.370. The van der Waals surface area contributed by atoms with Crippen LogP contribution in [-0.4, -0.2) is 20.7 Å². The Morgan fingerprint density at radius 2 is 2.09 bits per heavy atom. The van der Waals surface area contributed by atoms with Crippen molar-refractivity contribution in [3.05, 3.63) is 64.6 Å². The van der Waals surface area contributed by atoms with Crippen molar-refractivity contribution >= 4 is 17.1 Å². The molecule has 0 spiro atoms. The second kappa shape index (κ2) is 6.44. The molecule has 0 aromatic carbocycles. The maximum atomic E-state index is 12.3. The smallest absolute Gasteiger partial charge is 0.188 e. The fourth-order valence-corrected chi connectivity index (χ4v) is 2.67. The highest BCUT2D eigenvalue weighted by Gasteiger charge is 2.12. The van der Waals surface area contributed by atoms with Crippen LogP contribution in [0.5, 0.6) is 11.5 Å². The summed E-state index contributed by atoms with van der Waals surface area (Å²) in [7, 11) is 0. The van der Waals surface area contributed by atoms with Crippen molar-refractivity contribution in [3.63, 3.8) is 0 Å². The lowest BCUT2D eigenvalue weighted by Crippen LogP contribution is -2.05. The third-order valence-electron chi connectivity index (χ3n) is 2.87. The first-order chi connectivity index (χ1) is 10.7. The highest BCUT2D eigenvalue weighted by Crippen LogP contribution is 2.21. The number of hydrogen-bond donors (Lipinski definition) is 0. The van der Waals surface area contributed by atoms with Crippen molar-refractivity contribution in [1.82, 2.24) is 15.0 Å². The lowest BCUT2D eigenvalue weighted by atomic mass is 10.2. The topological polar surface area (TPSA) is 65.0 Å². The van der Waals surface area contributed by atoms with E-state index in [4.69, 9.17) is 4.74 Å². The Morgan fingerprint density at radius 3 is 2.82 bits per heavy atom. The molecular weight excluding hydrogens is 298 g/mol. The Morgan fingerprint density at radius 1 is 1.18 bits per heavy atom. The largest absolute Gasteiger partial charge is 0.456 e. The molecule has 22 heavy (non-hydrogen) atoms. The van der Waals surface area contributed by atoms with E-state index in [9.17, 15) is 4.79 Å². The highest BCUT2D eigenvalue weighted by molar-refractivity contribution is 7.11. The van der Waals surface area contributed by atoms with Crippen LogP contribution >= 0.6 is 11.3 Å². The Bertz CT molecular complexity index is 787. The summed E-state index contributed by atoms with van der Waals surface area (Å²) < 4.78 is 5.66. The average Bonchev–Trinajstić information content (AvgIpc) is 2.93. The molecule has 0 aliphatic rings. The van der Waals surface area contributed by atoms with Crippen LogP contribution in [0, 0.1) is 6.92 Å². The third-order valence-corrected chi connectivity index (χ3v) is 3.78. The van der Waals surface area contributed by atoms with Crippen LogP contribution in [0.2, 0.25) is 0 Å². The third kappa shape index (κ3) is 3.53. The molecule has 110 valence electrons. The van der Waals surface area contributed by atoms with E-state index in [1.165, 1.54) is 11.3 Å². The van der Waals surface area contributed by atoms with Gasteiger partial charge in [-0.2, -0.15) is 0 Å². The molecule has 0 fully saturated rings. The van der Waals surface area contributed by atoms with Crippen LogP contribution in [0.1, 0.15) is 20.4 Å². The van der Waals surface area contributed by atoms with Crippen molar-refractivity contribution in [1.29, 1.82) is 0 Å². The molecule has 0 radical (unpaired) electrons. The van der Waals surface area contributed by atoms with E-state index in [0.29, 0.717) is 17.2 Å². The predicted octanol–water partition coefficient (Wildman–Crippen LogP) is 3.46. The molecule has 6 heteroatoms. The van der Waals surface area contributed by atoms with Gasteiger partial charge in [-0.05, 0) is 25.1 Å². The first-order valence-electron chi connectivity index (χ1n) is 6.69. The van der Waals surface area contributed by atoms with E-state index in [2.05, 4.69) is 15.0 Å². The van der Waals surface area contributed by atoms with Gasteiger partial charge in [-0.1, -0.05) is 0 Å². The summed E-state index contributed by atoms with van der Waals surface area (Å²) in [6.45, 7) is 1.96. The van der Waals surface area contributed by atoms with Gasteiger partial charge in [0.25, 0.3) is 0 Å². The minimum Gasteiger partial charge on any atom is -0.456 e. The zero-order valence-electron chi connectivity index (χ0n) is 11.9. The van der Waals surface area contributed by atoms with Crippen LogP contribution in [0.4, 0.5) is 0 Å². The van der Waals surface area contributed by atoms with E-state index in [-0.39, 0.29) is 12.2 Å². The Kier molecular flexibility index (Phi) is 4.20. The van der Waals surface area contributed by atoms with E-state index < -0.39 is 0 Å². The van der Waals surface area contributed by atoms with Crippen molar-refractivity contribution in [2.24, 2.45) is 0 Å². The number of aromatic nitrogens is 3. The molecule has 0 bridgehead atoms. The first kappa shape index (κ1) is 14.3. The quantitative estimate of drug-likeness (QED) is 0.675. The lowest BCUT2D eigenvalue weighted by molar-refractivity contribution is 0.0988. The SMILES string of the molecule is Cc1cnc(CC(=O)c2cc(Oc3cccnc3)ccn2)s1. The fourth-order valence-electron chi connectivity index (χ4n) is 1.88. The van der Waals surface area contributed by atoms with E-state index in [1.54, 1.807) is 49.1 Å². The molecule has 0 aliphatic heterocycles. The van der Waals surface area contributed by atoms with Gasteiger partial charge in [0.2, 0.25) is 0 Å². The van der Waals surface area contributed by atoms with Crippen molar-refractivity contribution in [2.45, 2.75) is 13.3 Å². The van der Waals surface area contributed by atoms with Gasteiger partial charge in [-0.25, -0.2) is 4.98 Å². The maximum Gasteiger partial charge on any atom is 0.188 e. The zero-order chi connectivity index (χ0) is 15.4. The van der Waals surface area contributed by atoms with Crippen LogP contribution in [0.25, 0.3) is 0 Å². The maximum absolute atomic E-state index is 12.3. The molecule has 3 rings (SSSR count). The van der Waals surface area contributed by atoms with E-state index in [1.807, 2.05) is 6.92 Å². The van der Waals surface area contributed by atoms with Crippen LogP contribution < -0.4 is 4.74 Å². The van der Waals surface area contributed by atoms with Crippen molar-refractivity contribution in [3.8, 4) is 11.5 Å². The average molecular weight is 311 g/mol. The number of ether oxygens (including phenoxy) is 1. The number of nitrogens with zero attached hydrogens (tertiary/aromatic N) is 3. The van der Waals surface area contributed by atoms with Gasteiger partial charge >= 0.3 is 0 Å². The monoisotopic (exact) mass is 311 g/mol. The van der Waals surface area contributed by atoms with Crippen molar-refractivity contribution < 1.29 is 9.53 Å². The number of aryl methyl sites for hydroxylation is 1. The standard InChI is InChI=1S/C16H13N3O2S/c1-11-9-19-16(22-11)8-15(20)14-7-12(4-6-18-14)21-13-3-2-5-17-10-13/h2-7,9-10H,8H2,1H3. The highest BCUT2D eigenvalue weighted by atomic mass is 32.1. The molecule has 0 N–H and O–H groups in total. The number of ketones is 1. The molecule has 5 nitrogen and oxygen atoms in total. The Labute approximate surface area is 131 Å². The molecule has 0 unspecified atom stereocenters. The van der Waals surface area contributed by atoms with Gasteiger partial charge in [-0.3, -0.25) is 14.8 Å². The van der Waals surface area contributed by atoms with Gasteiger partial charge in [0.15, 0.2) is 5.78 Å². The summed E-state index contributed by atoms with van der Waals surface area (Å²) in [5.74, 6) is 1.09. The van der Waals surface area contributed by atoms with E-state index >= 15 is 0 Å². The number of Topliss-reactive ketones (excluding diaryl/α,β-unsaturated/α-hetero) is 1. The molecule has 3 heterocycles. The second-order valence-electron chi connectivity index (χ2n) is 4.63. The van der Waals surface area contributed by atoms with Crippen LogP contribution in [0.15, 0.2) is 49.1 Å². The van der Waals surface area contributed by atoms with Crippen LogP contribution in [0.3, 0.4) is 0 Å². The van der Waals surface area contributed by atoms with Gasteiger partial charge in [0.1, 0.15) is 22.2 Å². The second-order valence-corrected chi connectivity index (χ2v) is 5.95. The number of pyridine rings is 2. The van der Waals surface area contributed by atoms with Gasteiger partial charge in [-0.15, -0.1) is 11.3 Å². The summed E-state index contributed by atoms with van der Waals surface area (Å²) in [5, 5.41) is 0.794. The molecule has 0 amide bonds. The first-order valence-corrected chi connectivity index (χ1v) is 7.51. The minimum atomic E-state index is -0.0778. The molecule has 0 saturated heterocycles. The summed E-state index contributed by atoms with van der Waals surface area (Å²) in [6, 6.07) is 6.92. The molecule has 0 atom stereocenters. The predicted molar refractivity (Wildman–Crippen MR) is 83.4 cm³/mol. The number of carbonyl (C=O) groups excluding carboxylic acids is 1. The number of rotatable bonds is 5. The fraction of sp³-hybridized carbons (Fsp3) is 0.125. The summed E-state index contributed by atoms with van der Waals surface area (Å²) in [6.07, 6.45) is 6.86. The van der Waals surface area contributed by atoms with Gasteiger partial charge in [0, 0.05) is 29.5 Å². The number of hydrogen-bond acceptors (Lipinski definition) is 6. The minimum absolute atomic E-state index is 0.0778. The summed E-state index contributed by atoms with van der Waals surface area (Å²) in [4.78, 5) is 25.7. The molecule has 0 aliphatic carbocycles. The molecule has 0 saturated carbocycles. The zero-order valence-corrected chi connectivity index (χ0v) is 12.7. The van der Waals surface area contributed by atoms with Gasteiger partial charge in [0.05, 0.1) is 12.6 Å². The Balaban J connectivity index is 1.74. The molecular formula is C16H13N3O2S. The lowest BCUT2D eigenvalue weighted by Gasteiger charge is -2.05. The normalized spacial score (nSPS) is 10.4. The van der Waals surface area contributed by atoms with Gasteiger partial charge < -0.3 is 4.74 Å². The van der Waals surface area contributed by atoms with Crippen LogP contribution in [-0.2, 0) is 6.42 Å². The number of carbonyl (C=O) groups is 1. The van der Waals surface area contributed by atoms with E-state index in [0.717, 1.165) is 9.88 Å².